The molecule has 0 fully saturated rings. The van der Waals surface area contributed by atoms with Crippen LogP contribution in [0.25, 0.3) is 11.0 Å². The van der Waals surface area contributed by atoms with Crippen LogP contribution in [0.15, 0.2) is 34.9 Å². The molecule has 3 heteroatoms. The third-order valence-corrected chi connectivity index (χ3v) is 4.10. The molecule has 0 aliphatic heterocycles. The van der Waals surface area contributed by atoms with Crippen molar-refractivity contribution in [2.24, 2.45) is 5.73 Å². The Kier molecular flexibility index (Phi) is 4.61. The predicted molar refractivity (Wildman–Crippen MR) is 80.1 cm³/mol. The van der Waals surface area contributed by atoms with Gasteiger partial charge in [-0.05, 0) is 26.0 Å². The predicted octanol–water partition coefficient (Wildman–Crippen LogP) is 3.55. The third-order valence-electron chi connectivity index (χ3n) is 4.10. The van der Waals surface area contributed by atoms with Gasteiger partial charge in [0.15, 0.2) is 0 Å². The molecule has 2 N–H and O–H groups in total. The van der Waals surface area contributed by atoms with Gasteiger partial charge < -0.3 is 10.2 Å². The highest BCUT2D eigenvalue weighted by Crippen LogP contribution is 2.30. The number of hydrogen-bond donors (Lipinski definition) is 1. The molecule has 1 aromatic carbocycles. The summed E-state index contributed by atoms with van der Waals surface area (Å²) in [4.78, 5) is 2.39. The highest BCUT2D eigenvalue weighted by Gasteiger charge is 2.24. The molecule has 19 heavy (non-hydrogen) atoms. The zero-order valence-electron chi connectivity index (χ0n) is 12.1. The van der Waals surface area contributed by atoms with Crippen molar-refractivity contribution in [2.45, 2.75) is 38.8 Å². The van der Waals surface area contributed by atoms with E-state index in [4.69, 9.17) is 10.2 Å². The maximum atomic E-state index is 6.02. The Morgan fingerprint density at radius 3 is 2.53 bits per heavy atom. The fourth-order valence-corrected chi connectivity index (χ4v) is 2.89. The van der Waals surface area contributed by atoms with Crippen LogP contribution in [0.1, 0.15) is 38.3 Å². The Morgan fingerprint density at radius 2 is 1.89 bits per heavy atom. The van der Waals surface area contributed by atoms with E-state index in [1.54, 1.807) is 0 Å². The van der Waals surface area contributed by atoms with Gasteiger partial charge >= 0.3 is 0 Å². The first kappa shape index (κ1) is 14.1. The van der Waals surface area contributed by atoms with E-state index in [0.29, 0.717) is 12.6 Å². The maximum absolute atomic E-state index is 6.02. The van der Waals surface area contributed by atoms with Crippen molar-refractivity contribution in [3.05, 3.63) is 36.1 Å². The van der Waals surface area contributed by atoms with Gasteiger partial charge in [-0.1, -0.05) is 32.0 Å². The van der Waals surface area contributed by atoms with Crippen molar-refractivity contribution >= 4 is 11.0 Å². The van der Waals surface area contributed by atoms with E-state index in [9.17, 15) is 0 Å². The molecule has 0 bridgehead atoms. The first-order valence-corrected chi connectivity index (χ1v) is 7.11. The summed E-state index contributed by atoms with van der Waals surface area (Å²) < 4.78 is 5.65. The SMILES string of the molecule is CCC(CC)N(C)C(CN)c1coc2ccccc12. The molecule has 0 aliphatic carbocycles. The van der Waals surface area contributed by atoms with E-state index in [1.807, 2.05) is 24.5 Å². The van der Waals surface area contributed by atoms with Crippen molar-refractivity contribution in [2.75, 3.05) is 13.6 Å². The second kappa shape index (κ2) is 6.22. The molecule has 0 radical (unpaired) electrons. The minimum Gasteiger partial charge on any atom is -0.464 e. The molecule has 0 aliphatic rings. The van der Waals surface area contributed by atoms with Gasteiger partial charge in [-0.2, -0.15) is 0 Å². The van der Waals surface area contributed by atoms with Gasteiger partial charge in [-0.3, -0.25) is 4.90 Å². The molecule has 3 nitrogen and oxygen atoms in total. The van der Waals surface area contributed by atoms with Crippen LogP contribution in [0.2, 0.25) is 0 Å². The first-order valence-electron chi connectivity index (χ1n) is 7.11. The highest BCUT2D eigenvalue weighted by atomic mass is 16.3. The smallest absolute Gasteiger partial charge is 0.134 e. The summed E-state index contributed by atoms with van der Waals surface area (Å²) in [5, 5.41) is 1.18. The van der Waals surface area contributed by atoms with Crippen LogP contribution in [-0.4, -0.2) is 24.5 Å². The molecule has 2 aromatic rings. The summed E-state index contributed by atoms with van der Waals surface area (Å²) in [5.74, 6) is 0. The number of para-hydroxylation sites is 1. The number of rotatable bonds is 6. The third kappa shape index (κ3) is 2.67. The molecular weight excluding hydrogens is 236 g/mol. The Bertz CT molecular complexity index is 516. The van der Waals surface area contributed by atoms with E-state index in [2.05, 4.69) is 31.9 Å². The summed E-state index contributed by atoms with van der Waals surface area (Å²) >= 11 is 0. The molecule has 2 rings (SSSR count). The lowest BCUT2D eigenvalue weighted by Gasteiger charge is -2.33. The quantitative estimate of drug-likeness (QED) is 0.863. The van der Waals surface area contributed by atoms with Crippen molar-refractivity contribution in [1.29, 1.82) is 0 Å². The molecule has 0 spiro atoms. The second-order valence-electron chi connectivity index (χ2n) is 5.07. The van der Waals surface area contributed by atoms with Crippen LogP contribution < -0.4 is 5.73 Å². The monoisotopic (exact) mass is 260 g/mol. The van der Waals surface area contributed by atoms with Crippen LogP contribution in [-0.2, 0) is 0 Å². The van der Waals surface area contributed by atoms with Crippen LogP contribution in [0.4, 0.5) is 0 Å². The lowest BCUT2D eigenvalue weighted by molar-refractivity contribution is 0.168. The van der Waals surface area contributed by atoms with E-state index >= 15 is 0 Å². The molecule has 104 valence electrons. The number of fused-ring (bicyclic) bond motifs is 1. The molecule has 0 amide bonds. The molecule has 1 heterocycles. The Morgan fingerprint density at radius 1 is 1.21 bits per heavy atom. The second-order valence-corrected chi connectivity index (χ2v) is 5.07. The van der Waals surface area contributed by atoms with Gasteiger partial charge in [-0.15, -0.1) is 0 Å². The molecular formula is C16H24N2O. The van der Waals surface area contributed by atoms with Crippen molar-refractivity contribution in [3.63, 3.8) is 0 Å². The van der Waals surface area contributed by atoms with Gasteiger partial charge in [0.2, 0.25) is 0 Å². The summed E-state index contributed by atoms with van der Waals surface area (Å²) in [5.41, 5.74) is 8.16. The summed E-state index contributed by atoms with van der Waals surface area (Å²) in [6, 6.07) is 8.93. The van der Waals surface area contributed by atoms with Gasteiger partial charge in [0, 0.05) is 23.5 Å². The average Bonchev–Trinajstić information content (AvgIpc) is 2.85. The number of nitrogens with two attached hydrogens (primary N) is 1. The lowest BCUT2D eigenvalue weighted by Crippen LogP contribution is -2.37. The van der Waals surface area contributed by atoms with Crippen molar-refractivity contribution in [3.8, 4) is 0 Å². The van der Waals surface area contributed by atoms with Crippen LogP contribution in [0, 0.1) is 0 Å². The van der Waals surface area contributed by atoms with Gasteiger partial charge in [0.25, 0.3) is 0 Å². The zero-order chi connectivity index (χ0) is 13.8. The van der Waals surface area contributed by atoms with Gasteiger partial charge in [0.1, 0.15) is 5.58 Å². The summed E-state index contributed by atoms with van der Waals surface area (Å²) in [6.07, 6.45) is 4.14. The molecule has 1 unspecified atom stereocenters. The molecule has 0 saturated heterocycles. The Labute approximate surface area is 115 Å². The molecule has 1 atom stereocenters. The molecule has 0 saturated carbocycles. The lowest BCUT2D eigenvalue weighted by atomic mass is 10.0. The van der Waals surface area contributed by atoms with E-state index in [0.717, 1.165) is 18.4 Å². The average molecular weight is 260 g/mol. The van der Waals surface area contributed by atoms with E-state index < -0.39 is 0 Å². The molecule has 1 aromatic heterocycles. The Hall–Kier alpha value is -1.32. The fourth-order valence-electron chi connectivity index (χ4n) is 2.89. The minimum absolute atomic E-state index is 0.216. The largest absolute Gasteiger partial charge is 0.464 e. The zero-order valence-corrected chi connectivity index (χ0v) is 12.1. The first-order chi connectivity index (χ1) is 9.22. The minimum atomic E-state index is 0.216. The van der Waals surface area contributed by atoms with Crippen molar-refractivity contribution in [1.82, 2.24) is 4.90 Å². The number of furan rings is 1. The van der Waals surface area contributed by atoms with Gasteiger partial charge in [0.05, 0.1) is 12.3 Å². The van der Waals surface area contributed by atoms with Gasteiger partial charge in [-0.25, -0.2) is 0 Å². The van der Waals surface area contributed by atoms with Crippen LogP contribution in [0.5, 0.6) is 0 Å². The van der Waals surface area contributed by atoms with E-state index in [-0.39, 0.29) is 6.04 Å². The normalized spacial score (nSPS) is 13.6. The van der Waals surface area contributed by atoms with E-state index in [1.165, 1.54) is 10.9 Å². The van der Waals surface area contributed by atoms with Crippen LogP contribution >= 0.6 is 0 Å². The standard InChI is InChI=1S/C16H24N2O/c1-4-12(5-2)18(3)15(10-17)14-11-19-16-9-7-6-8-13(14)16/h6-9,11-12,15H,4-5,10,17H2,1-3H3. The maximum Gasteiger partial charge on any atom is 0.134 e. The Balaban J connectivity index is 2.36. The number of nitrogens with zero attached hydrogens (tertiary/aromatic N) is 1. The number of benzene rings is 1. The fraction of sp³-hybridized carbons (Fsp3) is 0.500. The highest BCUT2D eigenvalue weighted by molar-refractivity contribution is 5.81. The number of hydrogen-bond acceptors (Lipinski definition) is 3. The number of likely N-dealkylation sites (N-methyl/N-ethyl adjacent to an activating group) is 1. The summed E-state index contributed by atoms with van der Waals surface area (Å²) in [7, 11) is 2.16. The van der Waals surface area contributed by atoms with Crippen molar-refractivity contribution < 1.29 is 4.42 Å². The van der Waals surface area contributed by atoms with Crippen LogP contribution in [0.3, 0.4) is 0 Å². The topological polar surface area (TPSA) is 42.4 Å². The summed E-state index contributed by atoms with van der Waals surface area (Å²) in [6.45, 7) is 5.06.